The van der Waals surface area contributed by atoms with Crippen molar-refractivity contribution in [2.24, 2.45) is 0 Å². The molecule has 28 heavy (non-hydrogen) atoms. The molecule has 2 aromatic rings. The predicted octanol–water partition coefficient (Wildman–Crippen LogP) is 2.75. The Bertz CT molecular complexity index is 977. The second kappa shape index (κ2) is 7.23. The number of rotatable bonds is 4. The lowest BCUT2D eigenvalue weighted by Crippen LogP contribution is -2.48. The van der Waals surface area contributed by atoms with Crippen molar-refractivity contribution in [2.75, 3.05) is 22.4 Å². The number of amides is 1. The number of carbonyl (C=O) groups excluding carboxylic acids is 1. The Kier molecular flexibility index (Phi) is 5.11. The molecule has 0 unspecified atom stereocenters. The fourth-order valence-corrected chi connectivity index (χ4v) is 3.53. The number of nitrogens with one attached hydrogen (secondary N) is 1. The summed E-state index contributed by atoms with van der Waals surface area (Å²) in [6, 6.07) is 10.9. The number of alkyl halides is 3. The molecule has 1 atom stereocenters. The van der Waals surface area contributed by atoms with Crippen molar-refractivity contribution in [2.45, 2.75) is 12.5 Å². The summed E-state index contributed by atoms with van der Waals surface area (Å²) in [6.07, 6.45) is -4.94. The van der Waals surface area contributed by atoms with E-state index in [9.17, 15) is 26.4 Å². The Morgan fingerprint density at radius 3 is 2.43 bits per heavy atom. The average molecular weight is 416 g/mol. The van der Waals surface area contributed by atoms with Crippen LogP contribution in [0.25, 0.3) is 0 Å². The third-order valence-corrected chi connectivity index (χ3v) is 4.93. The van der Waals surface area contributed by atoms with Crippen LogP contribution in [-0.4, -0.2) is 39.6 Å². The molecule has 0 saturated carbocycles. The number of para-hydroxylation sites is 2. The maximum Gasteiger partial charge on any atom is 0.573 e. The summed E-state index contributed by atoms with van der Waals surface area (Å²) in [6.45, 7) is -0.239. The quantitative estimate of drug-likeness (QED) is 0.829. The number of hydrogen-bond donors (Lipinski definition) is 1. The number of sulfonamides is 1. The largest absolute Gasteiger partial charge is 0.573 e. The highest BCUT2D eigenvalue weighted by molar-refractivity contribution is 7.92. The average Bonchev–Trinajstić information content (AvgIpc) is 2.60. The van der Waals surface area contributed by atoms with Crippen LogP contribution in [0.1, 0.15) is 0 Å². The molecule has 1 N–H and O–H groups in total. The summed E-state index contributed by atoms with van der Waals surface area (Å²) in [5.74, 6) is -0.850. The zero-order chi connectivity index (χ0) is 20.5. The molecule has 0 aromatic heterocycles. The third kappa shape index (κ3) is 4.66. The van der Waals surface area contributed by atoms with Gasteiger partial charge in [-0.15, -0.1) is 13.2 Å². The van der Waals surface area contributed by atoms with Crippen molar-refractivity contribution in [1.82, 2.24) is 0 Å². The van der Waals surface area contributed by atoms with Crippen molar-refractivity contribution >= 4 is 27.3 Å². The minimum atomic E-state index is -4.82. The zero-order valence-corrected chi connectivity index (χ0v) is 15.3. The molecule has 2 aromatic carbocycles. The Morgan fingerprint density at radius 2 is 1.82 bits per heavy atom. The number of benzene rings is 2. The molecule has 0 aliphatic carbocycles. The number of anilines is 2. The highest BCUT2D eigenvalue weighted by Crippen LogP contribution is 2.34. The van der Waals surface area contributed by atoms with E-state index in [2.05, 4.69) is 10.1 Å². The van der Waals surface area contributed by atoms with E-state index in [0.29, 0.717) is 5.69 Å². The Labute approximate surface area is 158 Å². The molecule has 1 heterocycles. The first-order valence-corrected chi connectivity index (χ1v) is 9.78. The van der Waals surface area contributed by atoms with E-state index >= 15 is 0 Å². The van der Waals surface area contributed by atoms with E-state index < -0.39 is 34.1 Å². The summed E-state index contributed by atoms with van der Waals surface area (Å²) in [5, 5.41) is 2.48. The number of carbonyl (C=O) groups is 1. The van der Waals surface area contributed by atoms with Gasteiger partial charge in [0.05, 0.1) is 18.5 Å². The topological polar surface area (TPSA) is 84.9 Å². The molecule has 0 radical (unpaired) electrons. The molecule has 11 heteroatoms. The van der Waals surface area contributed by atoms with E-state index in [1.807, 2.05) is 0 Å². The number of ether oxygens (including phenoxy) is 2. The lowest BCUT2D eigenvalue weighted by atomic mass is 10.2. The van der Waals surface area contributed by atoms with Crippen LogP contribution in [0, 0.1) is 0 Å². The third-order valence-electron chi connectivity index (χ3n) is 3.78. The predicted molar refractivity (Wildman–Crippen MR) is 94.8 cm³/mol. The second-order valence-electron chi connectivity index (χ2n) is 5.93. The van der Waals surface area contributed by atoms with E-state index in [1.165, 1.54) is 18.2 Å². The monoisotopic (exact) mass is 416 g/mol. The molecule has 7 nitrogen and oxygen atoms in total. The zero-order valence-electron chi connectivity index (χ0n) is 14.4. The van der Waals surface area contributed by atoms with E-state index in [-0.39, 0.29) is 18.0 Å². The molecule has 0 bridgehead atoms. The van der Waals surface area contributed by atoms with Crippen LogP contribution in [0.5, 0.6) is 11.5 Å². The van der Waals surface area contributed by atoms with Gasteiger partial charge in [0.25, 0.3) is 5.91 Å². The van der Waals surface area contributed by atoms with E-state index in [4.69, 9.17) is 4.74 Å². The molecule has 0 spiro atoms. The Morgan fingerprint density at radius 1 is 1.18 bits per heavy atom. The first-order valence-electron chi connectivity index (χ1n) is 7.93. The van der Waals surface area contributed by atoms with Crippen LogP contribution in [0.4, 0.5) is 24.5 Å². The maximum atomic E-state index is 12.5. The van der Waals surface area contributed by atoms with Gasteiger partial charge in [-0.3, -0.25) is 9.10 Å². The van der Waals surface area contributed by atoms with Gasteiger partial charge < -0.3 is 14.8 Å². The molecule has 0 fully saturated rings. The van der Waals surface area contributed by atoms with Gasteiger partial charge in [0.15, 0.2) is 6.10 Å². The second-order valence-corrected chi connectivity index (χ2v) is 7.84. The molecule has 1 aliphatic rings. The minimum Gasteiger partial charge on any atom is -0.476 e. The molecule has 1 amide bonds. The van der Waals surface area contributed by atoms with Crippen LogP contribution in [-0.2, 0) is 14.8 Å². The minimum absolute atomic E-state index is 0.202. The lowest BCUT2D eigenvalue weighted by molar-refractivity contribution is -0.274. The maximum absolute atomic E-state index is 12.5. The fourth-order valence-electron chi connectivity index (χ4n) is 2.62. The van der Waals surface area contributed by atoms with Crippen molar-refractivity contribution in [3.8, 4) is 11.5 Å². The van der Waals surface area contributed by atoms with E-state index in [0.717, 1.165) is 22.7 Å². The molecule has 150 valence electrons. The van der Waals surface area contributed by atoms with Crippen molar-refractivity contribution < 1.29 is 35.9 Å². The first-order chi connectivity index (χ1) is 13.0. The molecular formula is C17H15F3N2O5S. The van der Waals surface area contributed by atoms with Gasteiger partial charge in [-0.2, -0.15) is 0 Å². The first kappa shape index (κ1) is 19.8. The van der Waals surface area contributed by atoms with Gasteiger partial charge >= 0.3 is 6.36 Å². The van der Waals surface area contributed by atoms with Gasteiger partial charge in [-0.25, -0.2) is 8.42 Å². The smallest absolute Gasteiger partial charge is 0.476 e. The standard InChI is InChI=1S/C17H15F3N2O5S/c1-28(24,25)22-10-15(26-14-5-3-2-4-13(14)22)16(23)21-11-6-8-12(9-7-11)27-17(18,19)20/h2-9,15H,10H2,1H3,(H,21,23)/t15-/m0/s1. The Hall–Kier alpha value is -2.95. The highest BCUT2D eigenvalue weighted by atomic mass is 32.2. The van der Waals surface area contributed by atoms with Crippen LogP contribution < -0.4 is 19.1 Å². The molecule has 0 saturated heterocycles. The van der Waals surface area contributed by atoms with Crippen LogP contribution in [0.15, 0.2) is 48.5 Å². The molecule has 3 rings (SSSR count). The summed E-state index contributed by atoms with van der Waals surface area (Å²) in [5.41, 5.74) is 0.524. The van der Waals surface area contributed by atoms with Crippen LogP contribution >= 0.6 is 0 Å². The van der Waals surface area contributed by atoms with Crippen LogP contribution in [0.2, 0.25) is 0 Å². The summed E-state index contributed by atoms with van der Waals surface area (Å²) >= 11 is 0. The van der Waals surface area contributed by atoms with Crippen molar-refractivity contribution in [3.05, 3.63) is 48.5 Å². The van der Waals surface area contributed by atoms with E-state index in [1.54, 1.807) is 18.2 Å². The number of halogens is 3. The van der Waals surface area contributed by atoms with Gasteiger partial charge in [-0.1, -0.05) is 12.1 Å². The highest BCUT2D eigenvalue weighted by Gasteiger charge is 2.35. The lowest BCUT2D eigenvalue weighted by Gasteiger charge is -2.33. The van der Waals surface area contributed by atoms with Crippen molar-refractivity contribution in [3.63, 3.8) is 0 Å². The van der Waals surface area contributed by atoms with Gasteiger partial charge in [0, 0.05) is 5.69 Å². The van der Waals surface area contributed by atoms with Gasteiger partial charge in [-0.05, 0) is 36.4 Å². The molecule has 1 aliphatic heterocycles. The summed E-state index contributed by atoms with van der Waals surface area (Å²) < 4.78 is 71.1. The van der Waals surface area contributed by atoms with Crippen LogP contribution in [0.3, 0.4) is 0 Å². The van der Waals surface area contributed by atoms with Gasteiger partial charge in [0.1, 0.15) is 11.5 Å². The number of fused-ring (bicyclic) bond motifs is 1. The number of nitrogens with zero attached hydrogens (tertiary/aromatic N) is 1. The number of hydrogen-bond acceptors (Lipinski definition) is 5. The Balaban J connectivity index is 1.74. The normalized spacial score (nSPS) is 16.7. The summed E-state index contributed by atoms with van der Waals surface area (Å²) in [7, 11) is -3.65. The van der Waals surface area contributed by atoms with Gasteiger partial charge in [0.2, 0.25) is 10.0 Å². The SMILES string of the molecule is CS(=O)(=O)N1C[C@@H](C(=O)Nc2ccc(OC(F)(F)F)cc2)Oc2ccccc21. The van der Waals surface area contributed by atoms with Crippen molar-refractivity contribution in [1.29, 1.82) is 0 Å². The molecular weight excluding hydrogens is 401 g/mol. The summed E-state index contributed by atoms with van der Waals surface area (Å²) in [4.78, 5) is 12.5. The fraction of sp³-hybridized carbons (Fsp3) is 0.235.